The van der Waals surface area contributed by atoms with Crippen LogP contribution in [0.5, 0.6) is 0 Å². The molecule has 0 radical (unpaired) electrons. The fourth-order valence-electron chi connectivity index (χ4n) is 1.62. The van der Waals surface area contributed by atoms with Crippen molar-refractivity contribution in [2.24, 2.45) is 0 Å². The van der Waals surface area contributed by atoms with Crippen molar-refractivity contribution in [1.29, 1.82) is 0 Å². The molecule has 0 spiro atoms. The highest BCUT2D eigenvalue weighted by Crippen LogP contribution is 2.31. The van der Waals surface area contributed by atoms with Crippen LogP contribution in [0.4, 0.5) is 16.5 Å². The third-order valence-electron chi connectivity index (χ3n) is 2.67. The second-order valence-electron chi connectivity index (χ2n) is 4.39. The van der Waals surface area contributed by atoms with Crippen molar-refractivity contribution in [3.8, 4) is 0 Å². The van der Waals surface area contributed by atoms with Crippen molar-refractivity contribution in [3.05, 3.63) is 33.9 Å². The van der Waals surface area contributed by atoms with Crippen LogP contribution in [0.15, 0.2) is 22.5 Å². The number of hydrogen-bond donors (Lipinski definition) is 1. The minimum Gasteiger partial charge on any atom is -0.383 e. The van der Waals surface area contributed by atoms with E-state index in [9.17, 15) is 10.1 Å². The van der Waals surface area contributed by atoms with Crippen molar-refractivity contribution in [3.63, 3.8) is 0 Å². The van der Waals surface area contributed by atoms with Gasteiger partial charge in [0.05, 0.1) is 4.92 Å². The van der Waals surface area contributed by atoms with Crippen molar-refractivity contribution in [2.75, 3.05) is 31.4 Å². The van der Waals surface area contributed by atoms with Gasteiger partial charge in [0, 0.05) is 33.0 Å². The maximum Gasteiger partial charge on any atom is 0.292 e. The maximum atomic E-state index is 11.0. The minimum absolute atomic E-state index is 0.0850. The zero-order valence-electron chi connectivity index (χ0n) is 11.9. The molecule has 2 aromatic rings. The lowest BCUT2D eigenvalue weighted by molar-refractivity contribution is -0.384. The number of nitrogens with zero attached hydrogens (tertiary/aromatic N) is 4. The predicted molar refractivity (Wildman–Crippen MR) is 86.4 cm³/mol. The Kier molecular flexibility index (Phi) is 4.97. The van der Waals surface area contributed by atoms with E-state index in [4.69, 9.17) is 0 Å². The van der Waals surface area contributed by atoms with Crippen molar-refractivity contribution in [1.82, 2.24) is 10.2 Å². The highest BCUT2D eigenvalue weighted by atomic mass is 32.2. The molecule has 1 N–H and O–H groups in total. The van der Waals surface area contributed by atoms with Gasteiger partial charge in [-0.1, -0.05) is 29.2 Å². The maximum absolute atomic E-state index is 11.0. The van der Waals surface area contributed by atoms with E-state index in [0.29, 0.717) is 11.4 Å². The zero-order valence-corrected chi connectivity index (χ0v) is 13.5. The number of nitro benzene ring substituents is 1. The van der Waals surface area contributed by atoms with E-state index in [1.165, 1.54) is 23.1 Å². The van der Waals surface area contributed by atoms with Crippen LogP contribution in [0.2, 0.25) is 0 Å². The van der Waals surface area contributed by atoms with Crippen LogP contribution in [0, 0.1) is 10.1 Å². The Morgan fingerprint density at radius 2 is 2.19 bits per heavy atom. The number of thioether (sulfide) groups is 1. The SMILES string of the molecule is CNc1ccc(CSc2nnc(N(C)C)s2)cc1[N+](=O)[O-]. The minimum atomic E-state index is -0.380. The molecule has 0 fully saturated rings. The van der Waals surface area contributed by atoms with E-state index in [1.54, 1.807) is 19.2 Å². The lowest BCUT2D eigenvalue weighted by Gasteiger charge is -2.05. The second-order valence-corrected chi connectivity index (χ2v) is 6.57. The molecule has 7 nitrogen and oxygen atoms in total. The number of nitro groups is 1. The Hall–Kier alpha value is -1.87. The largest absolute Gasteiger partial charge is 0.383 e. The van der Waals surface area contributed by atoms with Gasteiger partial charge in [-0.2, -0.15) is 0 Å². The Morgan fingerprint density at radius 1 is 1.43 bits per heavy atom. The molecular formula is C12H15N5O2S2. The molecule has 2 rings (SSSR count). The molecule has 0 amide bonds. The quantitative estimate of drug-likeness (QED) is 0.496. The van der Waals surface area contributed by atoms with Gasteiger partial charge < -0.3 is 10.2 Å². The van der Waals surface area contributed by atoms with Gasteiger partial charge in [-0.3, -0.25) is 10.1 Å². The number of nitrogens with one attached hydrogen (secondary N) is 1. The molecule has 0 aliphatic heterocycles. The first-order valence-corrected chi connectivity index (χ1v) is 7.90. The molecule has 0 atom stereocenters. The molecule has 0 saturated heterocycles. The highest BCUT2D eigenvalue weighted by molar-refractivity contribution is 8.00. The summed E-state index contributed by atoms with van der Waals surface area (Å²) >= 11 is 3.02. The summed E-state index contributed by atoms with van der Waals surface area (Å²) in [6.45, 7) is 0. The van der Waals surface area contributed by atoms with Crippen LogP contribution in [0.25, 0.3) is 0 Å². The van der Waals surface area contributed by atoms with Crippen molar-refractivity contribution >= 4 is 39.6 Å². The van der Waals surface area contributed by atoms with Crippen LogP contribution in [0.1, 0.15) is 5.56 Å². The normalized spacial score (nSPS) is 10.4. The lowest BCUT2D eigenvalue weighted by atomic mass is 10.2. The van der Waals surface area contributed by atoms with Gasteiger partial charge in [0.25, 0.3) is 5.69 Å². The van der Waals surface area contributed by atoms with E-state index in [-0.39, 0.29) is 10.6 Å². The third kappa shape index (κ3) is 3.82. The van der Waals surface area contributed by atoms with Gasteiger partial charge in [0.1, 0.15) is 5.69 Å². The molecule has 21 heavy (non-hydrogen) atoms. The van der Waals surface area contributed by atoms with E-state index < -0.39 is 0 Å². The molecular weight excluding hydrogens is 310 g/mol. The number of hydrogen-bond acceptors (Lipinski definition) is 8. The molecule has 1 heterocycles. The molecule has 0 bridgehead atoms. The Morgan fingerprint density at radius 3 is 2.76 bits per heavy atom. The summed E-state index contributed by atoms with van der Waals surface area (Å²) in [5.74, 6) is 0.618. The van der Waals surface area contributed by atoms with Gasteiger partial charge in [-0.15, -0.1) is 10.2 Å². The van der Waals surface area contributed by atoms with Crippen LogP contribution in [-0.2, 0) is 5.75 Å². The van der Waals surface area contributed by atoms with Crippen molar-refractivity contribution in [2.45, 2.75) is 10.1 Å². The fourth-order valence-corrected chi connectivity index (χ4v) is 3.32. The molecule has 112 valence electrons. The summed E-state index contributed by atoms with van der Waals surface area (Å²) in [7, 11) is 5.49. The van der Waals surface area contributed by atoms with Gasteiger partial charge in [-0.05, 0) is 11.6 Å². The summed E-state index contributed by atoms with van der Waals surface area (Å²) in [5.41, 5.74) is 1.48. The predicted octanol–water partition coefficient (Wildman–Crippen LogP) is 2.85. The first-order chi connectivity index (χ1) is 10.0. The summed E-state index contributed by atoms with van der Waals surface area (Å²) < 4.78 is 0.846. The van der Waals surface area contributed by atoms with E-state index in [1.807, 2.05) is 25.1 Å². The topological polar surface area (TPSA) is 84.2 Å². The second kappa shape index (κ2) is 6.72. The number of anilines is 2. The zero-order chi connectivity index (χ0) is 15.4. The average Bonchev–Trinajstić information content (AvgIpc) is 2.94. The Balaban J connectivity index is 2.09. The van der Waals surface area contributed by atoms with Crippen LogP contribution < -0.4 is 10.2 Å². The standard InChI is InChI=1S/C12H15N5O2S2/c1-13-9-5-4-8(6-10(9)17(18)19)7-20-12-15-14-11(21-12)16(2)3/h4-6,13H,7H2,1-3H3. The average molecular weight is 325 g/mol. The fraction of sp³-hybridized carbons (Fsp3) is 0.333. The number of rotatable bonds is 6. The van der Waals surface area contributed by atoms with Crippen LogP contribution in [0.3, 0.4) is 0 Å². The first kappa shape index (κ1) is 15.5. The molecule has 1 aromatic heterocycles. The Bertz CT molecular complexity index is 644. The smallest absolute Gasteiger partial charge is 0.292 e. The summed E-state index contributed by atoms with van der Waals surface area (Å²) in [6, 6.07) is 5.19. The van der Waals surface area contributed by atoms with Gasteiger partial charge >= 0.3 is 0 Å². The van der Waals surface area contributed by atoms with E-state index >= 15 is 0 Å². The molecule has 1 aromatic carbocycles. The first-order valence-electron chi connectivity index (χ1n) is 6.10. The molecule has 9 heteroatoms. The molecule has 0 aliphatic rings. The summed E-state index contributed by atoms with van der Waals surface area (Å²) in [5, 5.41) is 22.8. The van der Waals surface area contributed by atoms with Crippen LogP contribution in [-0.4, -0.2) is 36.3 Å². The highest BCUT2D eigenvalue weighted by Gasteiger charge is 2.14. The molecule has 0 saturated carbocycles. The van der Waals surface area contributed by atoms with E-state index in [0.717, 1.165) is 15.0 Å². The van der Waals surface area contributed by atoms with Gasteiger partial charge in [0.2, 0.25) is 5.13 Å². The Labute approximate surface area is 130 Å². The lowest BCUT2D eigenvalue weighted by Crippen LogP contribution is -2.07. The van der Waals surface area contributed by atoms with Crippen molar-refractivity contribution < 1.29 is 4.92 Å². The van der Waals surface area contributed by atoms with E-state index in [2.05, 4.69) is 15.5 Å². The van der Waals surface area contributed by atoms with Gasteiger partial charge in [0.15, 0.2) is 4.34 Å². The molecule has 0 aliphatic carbocycles. The number of benzene rings is 1. The summed E-state index contributed by atoms with van der Waals surface area (Å²) in [6.07, 6.45) is 0. The third-order valence-corrected chi connectivity index (χ3v) is 4.96. The summed E-state index contributed by atoms with van der Waals surface area (Å²) in [4.78, 5) is 12.5. The van der Waals surface area contributed by atoms with Gasteiger partial charge in [-0.25, -0.2) is 0 Å². The molecule has 0 unspecified atom stereocenters. The van der Waals surface area contributed by atoms with Crippen LogP contribution >= 0.6 is 23.1 Å². The monoisotopic (exact) mass is 325 g/mol. The number of aromatic nitrogens is 2.